The van der Waals surface area contributed by atoms with E-state index in [0.717, 1.165) is 105 Å². The van der Waals surface area contributed by atoms with Crippen molar-refractivity contribution in [1.29, 1.82) is 0 Å². The highest BCUT2D eigenvalue weighted by atomic mass is 16.3. The van der Waals surface area contributed by atoms with Crippen LogP contribution < -0.4 is 0 Å². The Kier molecular flexibility index (Phi) is 8.42. The van der Waals surface area contributed by atoms with Crippen molar-refractivity contribution in [2.45, 2.75) is 0 Å². The Labute approximate surface area is 357 Å². The van der Waals surface area contributed by atoms with Crippen molar-refractivity contribution < 1.29 is 8.83 Å². The number of benzene rings is 9. The molecule has 3 aromatic heterocycles. The van der Waals surface area contributed by atoms with Crippen LogP contribution in [-0.4, -0.2) is 15.0 Å². The van der Waals surface area contributed by atoms with E-state index in [4.69, 9.17) is 23.8 Å². The van der Waals surface area contributed by atoms with Crippen LogP contribution in [0.1, 0.15) is 0 Å². The third kappa shape index (κ3) is 6.14. The summed E-state index contributed by atoms with van der Waals surface area (Å²) in [5.41, 5.74) is 14.9. The lowest BCUT2D eigenvalue weighted by Crippen LogP contribution is -2.00. The molecule has 0 fully saturated rings. The second kappa shape index (κ2) is 14.7. The topological polar surface area (TPSA) is 65.0 Å². The molecule has 290 valence electrons. The van der Waals surface area contributed by atoms with E-state index >= 15 is 0 Å². The van der Waals surface area contributed by atoms with Gasteiger partial charge >= 0.3 is 0 Å². The molecule has 5 heteroatoms. The number of nitrogens with zero attached hydrogens (tertiary/aromatic N) is 3. The van der Waals surface area contributed by atoms with E-state index in [0.29, 0.717) is 17.5 Å². The van der Waals surface area contributed by atoms with Crippen LogP contribution in [0.15, 0.2) is 221 Å². The fourth-order valence-corrected chi connectivity index (χ4v) is 8.82. The minimum absolute atomic E-state index is 0.565. The summed E-state index contributed by atoms with van der Waals surface area (Å²) in [6.07, 6.45) is 0. The van der Waals surface area contributed by atoms with Crippen molar-refractivity contribution in [2.24, 2.45) is 0 Å². The van der Waals surface area contributed by atoms with Crippen LogP contribution in [0, 0.1) is 0 Å². The number of fused-ring (bicyclic) bond motifs is 6. The number of para-hydroxylation sites is 1. The summed E-state index contributed by atoms with van der Waals surface area (Å²) in [5.74, 6) is 1.76. The zero-order valence-corrected chi connectivity index (χ0v) is 33.4. The molecular weight excluding hydrogens is 759 g/mol. The molecule has 62 heavy (non-hydrogen) atoms. The molecule has 0 spiro atoms. The highest BCUT2D eigenvalue weighted by Crippen LogP contribution is 2.44. The van der Waals surface area contributed by atoms with Crippen molar-refractivity contribution >= 4 is 43.9 Å². The van der Waals surface area contributed by atoms with Gasteiger partial charge in [0.05, 0.1) is 0 Å². The fourth-order valence-electron chi connectivity index (χ4n) is 8.82. The normalized spacial score (nSPS) is 11.5. The van der Waals surface area contributed by atoms with Gasteiger partial charge in [-0.25, -0.2) is 15.0 Å². The van der Waals surface area contributed by atoms with E-state index in [1.54, 1.807) is 0 Å². The van der Waals surface area contributed by atoms with Crippen LogP contribution in [-0.2, 0) is 0 Å². The molecule has 0 amide bonds. The molecule has 0 saturated heterocycles. The van der Waals surface area contributed by atoms with E-state index in [2.05, 4.69) is 176 Å². The first-order valence-electron chi connectivity index (χ1n) is 20.8. The molecule has 0 saturated carbocycles. The van der Waals surface area contributed by atoms with Crippen molar-refractivity contribution in [1.82, 2.24) is 15.0 Å². The molecule has 0 aliphatic heterocycles. The van der Waals surface area contributed by atoms with Gasteiger partial charge in [-0.2, -0.15) is 0 Å². The predicted molar refractivity (Wildman–Crippen MR) is 252 cm³/mol. The minimum Gasteiger partial charge on any atom is -0.456 e. The molecule has 12 aromatic rings. The Hall–Kier alpha value is -8.41. The number of furan rings is 2. The number of hydrogen-bond donors (Lipinski definition) is 0. The van der Waals surface area contributed by atoms with Gasteiger partial charge in [0.1, 0.15) is 22.3 Å². The fraction of sp³-hybridized carbons (Fsp3) is 0. The molecule has 3 heterocycles. The van der Waals surface area contributed by atoms with Crippen LogP contribution in [0.3, 0.4) is 0 Å². The van der Waals surface area contributed by atoms with Crippen molar-refractivity contribution in [3.05, 3.63) is 212 Å². The van der Waals surface area contributed by atoms with Gasteiger partial charge in [-0.1, -0.05) is 176 Å². The number of hydrogen-bond acceptors (Lipinski definition) is 5. The van der Waals surface area contributed by atoms with Gasteiger partial charge in [0.25, 0.3) is 0 Å². The first kappa shape index (κ1) is 35.5. The summed E-state index contributed by atoms with van der Waals surface area (Å²) in [7, 11) is 0. The molecule has 0 N–H and O–H groups in total. The molecule has 5 nitrogen and oxygen atoms in total. The second-order valence-electron chi connectivity index (χ2n) is 15.5. The Balaban J connectivity index is 0.993. The molecule has 0 unspecified atom stereocenters. The van der Waals surface area contributed by atoms with E-state index < -0.39 is 0 Å². The van der Waals surface area contributed by atoms with Gasteiger partial charge in [0.15, 0.2) is 17.5 Å². The molecule has 0 bridgehead atoms. The van der Waals surface area contributed by atoms with E-state index in [1.807, 2.05) is 36.4 Å². The van der Waals surface area contributed by atoms with Crippen molar-refractivity contribution in [2.75, 3.05) is 0 Å². The molecule has 0 aliphatic carbocycles. The maximum absolute atomic E-state index is 6.70. The largest absolute Gasteiger partial charge is 0.456 e. The van der Waals surface area contributed by atoms with Crippen molar-refractivity contribution in [3.63, 3.8) is 0 Å². The molecule has 0 aliphatic rings. The van der Waals surface area contributed by atoms with E-state index in [-0.39, 0.29) is 0 Å². The Bertz CT molecular complexity index is 3630. The predicted octanol–water partition coefficient (Wildman–Crippen LogP) is 15.3. The van der Waals surface area contributed by atoms with Gasteiger partial charge in [0, 0.05) is 38.2 Å². The van der Waals surface area contributed by atoms with Gasteiger partial charge in [-0.3, -0.25) is 0 Å². The summed E-state index contributed by atoms with van der Waals surface area (Å²) in [5, 5.41) is 4.28. The molecular formula is C57H35N3O2. The average Bonchev–Trinajstić information content (AvgIpc) is 3.93. The van der Waals surface area contributed by atoms with E-state index in [9.17, 15) is 0 Å². The highest BCUT2D eigenvalue weighted by Gasteiger charge is 2.20. The van der Waals surface area contributed by atoms with E-state index in [1.165, 1.54) is 0 Å². The third-order valence-corrected chi connectivity index (χ3v) is 11.8. The first-order chi connectivity index (χ1) is 30.7. The Morgan fingerprint density at radius 3 is 1.31 bits per heavy atom. The first-order valence-corrected chi connectivity index (χ1v) is 20.8. The lowest BCUT2D eigenvalue weighted by molar-refractivity contribution is 0.668. The summed E-state index contributed by atoms with van der Waals surface area (Å²) in [6.45, 7) is 0. The number of rotatable bonds is 7. The Morgan fingerprint density at radius 1 is 0.242 bits per heavy atom. The van der Waals surface area contributed by atoms with Crippen LogP contribution >= 0.6 is 0 Å². The average molecular weight is 794 g/mol. The summed E-state index contributed by atoms with van der Waals surface area (Å²) >= 11 is 0. The summed E-state index contributed by atoms with van der Waals surface area (Å²) in [6, 6.07) is 73.3. The standard InChI is InChI=1S/C57H35N3O2/c1-3-14-36(15-4-1)38-28-30-39(31-29-38)55-58-56(41-19-11-18-40(34-41)37-16-5-2-6-17-37)60-57(59-55)42-32-33-48-52(35-42)62-51-27-13-24-46(54(48)51)44-21-8-7-20-43(44)45-23-12-26-50-53(45)47-22-9-10-25-49(47)61-50/h1-35H. The third-order valence-electron chi connectivity index (χ3n) is 11.8. The van der Waals surface area contributed by atoms with Crippen LogP contribution in [0.2, 0.25) is 0 Å². The zero-order valence-electron chi connectivity index (χ0n) is 33.4. The van der Waals surface area contributed by atoms with Crippen molar-refractivity contribution in [3.8, 4) is 78.7 Å². The molecule has 9 aromatic carbocycles. The monoisotopic (exact) mass is 793 g/mol. The van der Waals surface area contributed by atoms with Gasteiger partial charge < -0.3 is 8.83 Å². The molecule has 0 atom stereocenters. The Morgan fingerprint density at radius 2 is 0.645 bits per heavy atom. The quantitative estimate of drug-likeness (QED) is 0.161. The lowest BCUT2D eigenvalue weighted by Gasteiger charge is -2.12. The minimum atomic E-state index is 0.565. The van der Waals surface area contributed by atoms with Gasteiger partial charge in [-0.05, 0) is 80.9 Å². The van der Waals surface area contributed by atoms with Crippen LogP contribution in [0.5, 0.6) is 0 Å². The summed E-state index contributed by atoms with van der Waals surface area (Å²) in [4.78, 5) is 15.4. The maximum atomic E-state index is 6.70. The maximum Gasteiger partial charge on any atom is 0.164 e. The number of aromatic nitrogens is 3. The SMILES string of the molecule is c1ccc(-c2ccc(-c3nc(-c4cccc(-c5ccccc5)c4)nc(-c4ccc5c(c4)oc4cccc(-c6ccccc6-c6cccc7oc8ccccc8c67)c45)n3)cc2)cc1. The highest BCUT2D eigenvalue weighted by molar-refractivity contribution is 6.17. The van der Waals surface area contributed by atoms with Gasteiger partial charge in [0.2, 0.25) is 0 Å². The van der Waals surface area contributed by atoms with Gasteiger partial charge in [-0.15, -0.1) is 0 Å². The summed E-state index contributed by atoms with van der Waals surface area (Å²) < 4.78 is 13.0. The molecule has 0 radical (unpaired) electrons. The molecule has 12 rings (SSSR count). The van der Waals surface area contributed by atoms with Crippen LogP contribution in [0.4, 0.5) is 0 Å². The van der Waals surface area contributed by atoms with Crippen LogP contribution in [0.25, 0.3) is 123 Å². The smallest absolute Gasteiger partial charge is 0.164 e. The lowest BCUT2D eigenvalue weighted by atomic mass is 9.90. The zero-order chi connectivity index (χ0) is 41.0. The second-order valence-corrected chi connectivity index (χ2v) is 15.5.